The van der Waals surface area contributed by atoms with Crippen LogP contribution >= 0.6 is 11.3 Å². The zero-order valence-electron chi connectivity index (χ0n) is 15.3. The van der Waals surface area contributed by atoms with E-state index in [4.69, 9.17) is 0 Å². The van der Waals surface area contributed by atoms with Crippen LogP contribution in [0.3, 0.4) is 0 Å². The van der Waals surface area contributed by atoms with Crippen molar-refractivity contribution in [3.8, 4) is 0 Å². The molecule has 1 N–H and O–H groups in total. The van der Waals surface area contributed by atoms with E-state index >= 15 is 0 Å². The fourth-order valence-electron chi connectivity index (χ4n) is 4.69. The van der Waals surface area contributed by atoms with Crippen LogP contribution in [0.25, 0.3) is 0 Å². The second-order valence-electron chi connectivity index (χ2n) is 9.00. The lowest BCUT2D eigenvalue weighted by Crippen LogP contribution is -2.36. The van der Waals surface area contributed by atoms with Gasteiger partial charge in [0.15, 0.2) is 0 Å². The van der Waals surface area contributed by atoms with E-state index in [9.17, 15) is 5.11 Å². The Balaban J connectivity index is 1.88. The van der Waals surface area contributed by atoms with Crippen LogP contribution < -0.4 is 0 Å². The van der Waals surface area contributed by atoms with Crippen molar-refractivity contribution in [2.75, 3.05) is 0 Å². The minimum Gasteiger partial charge on any atom is -0.380 e. The third-order valence-electron chi connectivity index (χ3n) is 6.46. The summed E-state index contributed by atoms with van der Waals surface area (Å²) in [5, 5.41) is 13.7. The molecule has 128 valence electrons. The van der Waals surface area contributed by atoms with Crippen molar-refractivity contribution < 1.29 is 5.11 Å². The van der Waals surface area contributed by atoms with E-state index in [0.29, 0.717) is 0 Å². The first-order valence-electron chi connectivity index (χ1n) is 9.19. The first kappa shape index (κ1) is 16.4. The van der Waals surface area contributed by atoms with Crippen LogP contribution in [0.15, 0.2) is 29.6 Å². The zero-order valence-corrected chi connectivity index (χ0v) is 16.1. The van der Waals surface area contributed by atoms with E-state index in [1.165, 1.54) is 28.8 Å². The predicted octanol–water partition coefficient (Wildman–Crippen LogP) is 5.67. The van der Waals surface area contributed by atoms with Gasteiger partial charge >= 0.3 is 0 Å². The summed E-state index contributed by atoms with van der Waals surface area (Å²) in [5.74, 6) is 0. The zero-order chi connectivity index (χ0) is 17.2. The topological polar surface area (TPSA) is 20.2 Å². The molecule has 2 aliphatic carbocycles. The van der Waals surface area contributed by atoms with E-state index in [2.05, 4.69) is 57.3 Å². The highest BCUT2D eigenvalue weighted by Crippen LogP contribution is 2.49. The van der Waals surface area contributed by atoms with Gasteiger partial charge in [-0.15, -0.1) is 11.3 Å². The highest BCUT2D eigenvalue weighted by molar-refractivity contribution is 7.10. The molecule has 0 unspecified atom stereocenters. The molecule has 4 rings (SSSR count). The Bertz CT molecular complexity index is 783. The van der Waals surface area contributed by atoms with Gasteiger partial charge in [0.05, 0.1) is 0 Å². The monoisotopic (exact) mass is 340 g/mol. The lowest BCUT2D eigenvalue weighted by atomic mass is 9.62. The van der Waals surface area contributed by atoms with Gasteiger partial charge in [0.1, 0.15) is 5.60 Å². The molecule has 0 spiro atoms. The molecule has 2 heteroatoms. The van der Waals surface area contributed by atoms with Crippen molar-refractivity contribution >= 4 is 11.3 Å². The van der Waals surface area contributed by atoms with Crippen LogP contribution in [-0.2, 0) is 22.9 Å². The highest BCUT2D eigenvalue weighted by atomic mass is 32.1. The number of thiophene rings is 1. The minimum absolute atomic E-state index is 0.184. The molecule has 0 radical (unpaired) electrons. The summed E-state index contributed by atoms with van der Waals surface area (Å²) in [6.45, 7) is 9.41. The number of hydrogen-bond donors (Lipinski definition) is 1. The second kappa shape index (κ2) is 5.19. The maximum atomic E-state index is 11.6. The van der Waals surface area contributed by atoms with Crippen LogP contribution in [0.1, 0.15) is 80.5 Å². The highest BCUT2D eigenvalue weighted by Gasteiger charge is 2.41. The first-order valence-corrected chi connectivity index (χ1v) is 10.1. The fraction of sp³-hybridized carbons (Fsp3) is 0.545. The van der Waals surface area contributed by atoms with Crippen molar-refractivity contribution in [3.63, 3.8) is 0 Å². The first-order chi connectivity index (χ1) is 11.2. The Morgan fingerprint density at radius 3 is 2.33 bits per heavy atom. The number of aryl methyl sites for hydroxylation is 1. The molecule has 1 atom stereocenters. The second-order valence-corrected chi connectivity index (χ2v) is 10.0. The SMILES string of the molecule is CC1(C)CCC(C)(C)c2cc([C@@]3(O)CCCc4sccc43)ccc21. The molecule has 0 fully saturated rings. The van der Waals surface area contributed by atoms with Crippen molar-refractivity contribution in [1.82, 2.24) is 0 Å². The molecule has 0 saturated heterocycles. The molecule has 1 nitrogen and oxygen atoms in total. The molecule has 2 aromatic rings. The molecule has 24 heavy (non-hydrogen) atoms. The third kappa shape index (κ3) is 2.30. The van der Waals surface area contributed by atoms with Gasteiger partial charge in [-0.2, -0.15) is 0 Å². The number of rotatable bonds is 1. The van der Waals surface area contributed by atoms with Gasteiger partial charge in [0.2, 0.25) is 0 Å². The lowest BCUT2D eigenvalue weighted by Gasteiger charge is -2.43. The Labute approximate surface area is 149 Å². The van der Waals surface area contributed by atoms with Crippen LogP contribution in [0.5, 0.6) is 0 Å². The fourth-order valence-corrected chi connectivity index (χ4v) is 5.68. The Kier molecular flexibility index (Phi) is 3.54. The molecule has 0 amide bonds. The molecule has 1 aromatic heterocycles. The number of aliphatic hydroxyl groups is 1. The Morgan fingerprint density at radius 1 is 0.875 bits per heavy atom. The van der Waals surface area contributed by atoms with Gasteiger partial charge in [-0.05, 0) is 71.1 Å². The van der Waals surface area contributed by atoms with E-state index in [1.54, 1.807) is 11.3 Å². The van der Waals surface area contributed by atoms with Gasteiger partial charge < -0.3 is 5.11 Å². The molecule has 0 bridgehead atoms. The number of hydrogen-bond acceptors (Lipinski definition) is 2. The molecular formula is C22H28OS. The standard InChI is InChI=1S/C22H28OS/c1-20(2)11-12-21(3,4)18-14-15(7-8-16(18)20)22(23)10-5-6-19-17(22)9-13-24-19/h7-9,13-14,23H,5-6,10-12H2,1-4H3/t22-/m0/s1. The molecule has 1 heterocycles. The van der Waals surface area contributed by atoms with E-state index in [1.807, 2.05) is 0 Å². The summed E-state index contributed by atoms with van der Waals surface area (Å²) in [6.07, 6.45) is 5.44. The molecule has 1 aromatic carbocycles. The Hall–Kier alpha value is -1.12. The van der Waals surface area contributed by atoms with Gasteiger partial charge in [0, 0.05) is 10.4 Å². The average Bonchev–Trinajstić information content (AvgIpc) is 3.02. The predicted molar refractivity (Wildman–Crippen MR) is 102 cm³/mol. The third-order valence-corrected chi connectivity index (χ3v) is 7.44. The molecule has 2 aliphatic rings. The van der Waals surface area contributed by atoms with Crippen LogP contribution in [0.4, 0.5) is 0 Å². The maximum absolute atomic E-state index is 11.6. The summed E-state index contributed by atoms with van der Waals surface area (Å²) in [6, 6.07) is 8.94. The maximum Gasteiger partial charge on any atom is 0.116 e. The Morgan fingerprint density at radius 2 is 1.58 bits per heavy atom. The molecular weight excluding hydrogens is 312 g/mol. The largest absolute Gasteiger partial charge is 0.380 e. The van der Waals surface area contributed by atoms with Gasteiger partial charge in [0.25, 0.3) is 0 Å². The molecule has 0 saturated carbocycles. The number of fused-ring (bicyclic) bond motifs is 2. The summed E-state index contributed by atoms with van der Waals surface area (Å²) >= 11 is 1.79. The van der Waals surface area contributed by atoms with Crippen LogP contribution in [0.2, 0.25) is 0 Å². The van der Waals surface area contributed by atoms with Gasteiger partial charge in [-0.3, -0.25) is 0 Å². The molecule has 0 aliphatic heterocycles. The average molecular weight is 341 g/mol. The van der Waals surface area contributed by atoms with Crippen LogP contribution in [0, 0.1) is 0 Å². The lowest BCUT2D eigenvalue weighted by molar-refractivity contribution is 0.0622. The van der Waals surface area contributed by atoms with Crippen molar-refractivity contribution in [2.24, 2.45) is 0 Å². The summed E-state index contributed by atoms with van der Waals surface area (Å²) < 4.78 is 0. The van der Waals surface area contributed by atoms with E-state index < -0.39 is 5.60 Å². The minimum atomic E-state index is -0.805. The number of benzene rings is 1. The smallest absolute Gasteiger partial charge is 0.116 e. The summed E-state index contributed by atoms with van der Waals surface area (Å²) in [5.41, 5.74) is 4.74. The summed E-state index contributed by atoms with van der Waals surface area (Å²) in [4.78, 5) is 1.36. The van der Waals surface area contributed by atoms with Gasteiger partial charge in [-0.25, -0.2) is 0 Å². The van der Waals surface area contributed by atoms with Crippen molar-refractivity contribution in [2.45, 2.75) is 76.2 Å². The van der Waals surface area contributed by atoms with Crippen LogP contribution in [-0.4, -0.2) is 5.11 Å². The summed E-state index contributed by atoms with van der Waals surface area (Å²) in [7, 11) is 0. The van der Waals surface area contributed by atoms with Gasteiger partial charge in [-0.1, -0.05) is 45.9 Å². The quantitative estimate of drug-likeness (QED) is 0.709. The van der Waals surface area contributed by atoms with E-state index in [-0.39, 0.29) is 10.8 Å². The van der Waals surface area contributed by atoms with Crippen molar-refractivity contribution in [1.29, 1.82) is 0 Å². The normalized spacial score (nSPS) is 27.4. The van der Waals surface area contributed by atoms with E-state index in [0.717, 1.165) is 30.4 Å². The van der Waals surface area contributed by atoms with Crippen molar-refractivity contribution in [3.05, 3.63) is 56.8 Å².